The van der Waals surface area contributed by atoms with Crippen molar-refractivity contribution in [2.24, 2.45) is 0 Å². The van der Waals surface area contributed by atoms with Gasteiger partial charge in [-0.05, 0) is 50.9 Å². The molecular weight excluding hydrogens is 303 g/mol. The summed E-state index contributed by atoms with van der Waals surface area (Å²) in [7, 11) is -1.12. The summed E-state index contributed by atoms with van der Waals surface area (Å²) >= 11 is 0. The fraction of sp³-hybridized carbons (Fsp3) is 0.368. The lowest BCUT2D eigenvalue weighted by molar-refractivity contribution is -0.0982. The van der Waals surface area contributed by atoms with Gasteiger partial charge in [-0.1, -0.05) is 42.5 Å². The van der Waals surface area contributed by atoms with Gasteiger partial charge in [-0.15, -0.1) is 0 Å². The number of hydrogen-bond donors (Lipinski definition) is 2. The average molecular weight is 328 g/mol. The molecule has 24 heavy (non-hydrogen) atoms. The van der Waals surface area contributed by atoms with Gasteiger partial charge in [-0.2, -0.15) is 0 Å². The van der Waals surface area contributed by atoms with Crippen LogP contribution in [-0.2, 0) is 11.3 Å². The fourth-order valence-corrected chi connectivity index (χ4v) is 1.96. The monoisotopic (exact) mass is 328 g/mol. The maximum Gasteiger partial charge on any atom is 0.491 e. The highest BCUT2D eigenvalue weighted by molar-refractivity contribution is 6.60. The molecule has 0 spiro atoms. The first-order valence-corrected chi connectivity index (χ1v) is 8.04. The molecule has 0 heterocycles. The van der Waals surface area contributed by atoms with Gasteiger partial charge in [-0.3, -0.25) is 0 Å². The van der Waals surface area contributed by atoms with Crippen LogP contribution in [0.1, 0.15) is 33.3 Å². The van der Waals surface area contributed by atoms with Crippen molar-refractivity contribution in [2.75, 3.05) is 0 Å². The van der Waals surface area contributed by atoms with E-state index in [1.54, 1.807) is 52.0 Å². The second-order valence-electron chi connectivity index (χ2n) is 6.88. The highest BCUT2D eigenvalue weighted by atomic mass is 16.5. The summed E-state index contributed by atoms with van der Waals surface area (Å²) < 4.78 is 11.3. The molecule has 0 saturated carbocycles. The van der Waals surface area contributed by atoms with E-state index in [1.165, 1.54) is 0 Å². The summed E-state index contributed by atoms with van der Waals surface area (Å²) in [5.74, 6) is 0.719. The molecule has 0 radical (unpaired) electrons. The van der Waals surface area contributed by atoms with Gasteiger partial charge in [0.25, 0.3) is 0 Å². The van der Waals surface area contributed by atoms with Crippen molar-refractivity contribution >= 4 is 12.6 Å². The van der Waals surface area contributed by atoms with Gasteiger partial charge in [0.1, 0.15) is 12.4 Å². The quantitative estimate of drug-likeness (QED) is 0.767. The summed E-state index contributed by atoms with van der Waals surface area (Å²) in [5.41, 5.74) is -0.266. The standard InChI is InChI=1S/C19H25BO4/c1-18(2,21)19(3,4)24-20(22)16-10-12-17(13-11-16)23-14-15-8-6-5-7-9-15/h5-13,21-22H,14H2,1-4H3. The van der Waals surface area contributed by atoms with Crippen molar-refractivity contribution in [1.29, 1.82) is 0 Å². The third kappa shape index (κ3) is 4.84. The molecule has 5 heteroatoms. The SMILES string of the molecule is CC(C)(O)C(C)(C)OB(O)c1ccc(OCc2ccccc2)cc1. The minimum atomic E-state index is -1.12. The maximum atomic E-state index is 10.2. The van der Waals surface area contributed by atoms with Crippen molar-refractivity contribution in [1.82, 2.24) is 0 Å². The summed E-state index contributed by atoms with van der Waals surface area (Å²) in [6.45, 7) is 7.28. The molecule has 0 amide bonds. The maximum absolute atomic E-state index is 10.2. The molecule has 128 valence electrons. The normalized spacial score (nSPS) is 12.1. The van der Waals surface area contributed by atoms with Crippen LogP contribution in [0.25, 0.3) is 0 Å². The first-order chi connectivity index (χ1) is 11.2. The molecule has 2 N–H and O–H groups in total. The molecule has 0 saturated heterocycles. The Bertz CT molecular complexity index is 633. The van der Waals surface area contributed by atoms with Crippen molar-refractivity contribution in [3.63, 3.8) is 0 Å². The topological polar surface area (TPSA) is 58.9 Å². The number of hydrogen-bond acceptors (Lipinski definition) is 4. The molecule has 0 fully saturated rings. The van der Waals surface area contributed by atoms with Gasteiger partial charge < -0.3 is 19.5 Å². The van der Waals surface area contributed by atoms with Crippen LogP contribution in [-0.4, -0.2) is 28.5 Å². The Morgan fingerprint density at radius 1 is 0.917 bits per heavy atom. The summed E-state index contributed by atoms with van der Waals surface area (Å²) in [6.07, 6.45) is 0. The lowest BCUT2D eigenvalue weighted by Gasteiger charge is -2.38. The summed E-state index contributed by atoms with van der Waals surface area (Å²) in [5, 5.41) is 20.4. The van der Waals surface area contributed by atoms with Gasteiger partial charge >= 0.3 is 7.12 Å². The second-order valence-corrected chi connectivity index (χ2v) is 6.88. The zero-order valence-electron chi connectivity index (χ0n) is 14.7. The van der Waals surface area contributed by atoms with E-state index in [0.717, 1.165) is 11.3 Å². The number of ether oxygens (including phenoxy) is 1. The zero-order chi connectivity index (χ0) is 17.8. The Morgan fingerprint density at radius 3 is 2.04 bits per heavy atom. The Hall–Kier alpha value is -1.82. The van der Waals surface area contributed by atoms with Crippen molar-refractivity contribution in [3.8, 4) is 5.75 Å². The van der Waals surface area contributed by atoms with Crippen molar-refractivity contribution in [3.05, 3.63) is 60.2 Å². The van der Waals surface area contributed by atoms with Gasteiger partial charge in [0, 0.05) is 0 Å². The smallest absolute Gasteiger partial charge is 0.489 e. The largest absolute Gasteiger partial charge is 0.491 e. The third-order valence-electron chi connectivity index (χ3n) is 4.29. The van der Waals surface area contributed by atoms with Gasteiger partial charge in [-0.25, -0.2) is 0 Å². The van der Waals surface area contributed by atoms with Crippen LogP contribution in [0.15, 0.2) is 54.6 Å². The van der Waals surface area contributed by atoms with E-state index in [-0.39, 0.29) is 0 Å². The number of rotatable bonds is 7. The van der Waals surface area contributed by atoms with E-state index in [2.05, 4.69) is 0 Å². The molecule has 2 aromatic carbocycles. The predicted octanol–water partition coefficient (Wildman–Crippen LogP) is 2.52. The lowest BCUT2D eigenvalue weighted by atomic mass is 9.76. The first-order valence-electron chi connectivity index (χ1n) is 8.04. The van der Waals surface area contributed by atoms with Crippen LogP contribution < -0.4 is 10.2 Å². The van der Waals surface area contributed by atoms with Gasteiger partial charge in [0.15, 0.2) is 0 Å². The zero-order valence-corrected chi connectivity index (χ0v) is 14.7. The number of aliphatic hydroxyl groups is 1. The highest BCUT2D eigenvalue weighted by Crippen LogP contribution is 2.25. The Balaban J connectivity index is 1.96. The van der Waals surface area contributed by atoms with E-state index >= 15 is 0 Å². The lowest BCUT2D eigenvalue weighted by Crippen LogP contribution is -2.53. The van der Waals surface area contributed by atoms with Gasteiger partial charge in [0.2, 0.25) is 0 Å². The molecule has 0 bridgehead atoms. The van der Waals surface area contributed by atoms with Crippen LogP contribution >= 0.6 is 0 Å². The molecular formula is C19H25BO4. The predicted molar refractivity (Wildman–Crippen MR) is 96.3 cm³/mol. The number of benzene rings is 2. The fourth-order valence-electron chi connectivity index (χ4n) is 1.96. The Labute approximate surface area is 144 Å². The summed E-state index contributed by atoms with van der Waals surface area (Å²) in [4.78, 5) is 0. The molecule has 0 aromatic heterocycles. The van der Waals surface area contributed by atoms with E-state index < -0.39 is 18.3 Å². The Morgan fingerprint density at radius 2 is 1.50 bits per heavy atom. The second kappa shape index (κ2) is 7.39. The summed E-state index contributed by atoms with van der Waals surface area (Å²) in [6, 6.07) is 17.0. The van der Waals surface area contributed by atoms with Crippen LogP contribution in [0.5, 0.6) is 5.75 Å². The first kappa shape index (κ1) is 18.5. The van der Waals surface area contributed by atoms with Gasteiger partial charge in [0.05, 0.1) is 11.2 Å². The minimum Gasteiger partial charge on any atom is -0.489 e. The van der Waals surface area contributed by atoms with Crippen LogP contribution in [0.3, 0.4) is 0 Å². The molecule has 0 aliphatic carbocycles. The van der Waals surface area contributed by atoms with Crippen LogP contribution in [0.2, 0.25) is 0 Å². The molecule has 0 aliphatic rings. The van der Waals surface area contributed by atoms with Crippen molar-refractivity contribution < 1.29 is 19.5 Å². The van der Waals surface area contributed by atoms with Crippen molar-refractivity contribution in [2.45, 2.75) is 45.5 Å². The molecule has 0 atom stereocenters. The van der Waals surface area contributed by atoms with Crippen LogP contribution in [0, 0.1) is 0 Å². The molecule has 0 unspecified atom stereocenters. The molecule has 2 rings (SSSR count). The van der Waals surface area contributed by atoms with E-state index in [4.69, 9.17) is 9.39 Å². The third-order valence-corrected chi connectivity index (χ3v) is 4.29. The van der Waals surface area contributed by atoms with E-state index in [0.29, 0.717) is 12.1 Å². The minimum absolute atomic E-state index is 0.491. The molecule has 2 aromatic rings. The molecule has 0 aliphatic heterocycles. The van der Waals surface area contributed by atoms with E-state index in [9.17, 15) is 10.1 Å². The average Bonchev–Trinajstić information content (AvgIpc) is 2.53. The Kier molecular flexibility index (Phi) is 5.70. The van der Waals surface area contributed by atoms with Crippen LogP contribution in [0.4, 0.5) is 0 Å². The molecule has 4 nitrogen and oxygen atoms in total. The van der Waals surface area contributed by atoms with E-state index in [1.807, 2.05) is 30.3 Å². The highest BCUT2D eigenvalue weighted by Gasteiger charge is 2.39.